The topological polar surface area (TPSA) is 43.1 Å². The van der Waals surface area contributed by atoms with Crippen LogP contribution in [-0.2, 0) is 0 Å². The minimum absolute atomic E-state index is 0.256. The second-order valence-corrected chi connectivity index (χ2v) is 7.36. The predicted octanol–water partition coefficient (Wildman–Crippen LogP) is 3.83. The Hall–Kier alpha value is -1.31. The van der Waals surface area contributed by atoms with Gasteiger partial charge in [-0.05, 0) is 74.3 Å². The van der Waals surface area contributed by atoms with Crippen LogP contribution in [0, 0.1) is 36.5 Å². The van der Waals surface area contributed by atoms with Crippen molar-refractivity contribution in [2.45, 2.75) is 39.0 Å². The Balaban J connectivity index is 1.67. The van der Waals surface area contributed by atoms with Crippen molar-refractivity contribution in [1.29, 1.82) is 0 Å². The largest absolute Gasteiger partial charge is 0.398 e. The van der Waals surface area contributed by atoms with Gasteiger partial charge in [-0.3, -0.25) is 4.79 Å². The molecule has 0 unspecified atom stereocenters. The zero-order valence-electron chi connectivity index (χ0n) is 12.1. The summed E-state index contributed by atoms with van der Waals surface area (Å²) in [5, 5.41) is 0. The zero-order valence-corrected chi connectivity index (χ0v) is 12.1. The number of para-hydroxylation sites is 1. The van der Waals surface area contributed by atoms with E-state index in [1.807, 2.05) is 25.1 Å². The summed E-state index contributed by atoms with van der Waals surface area (Å²) in [6.45, 7) is 1.99. The first-order valence-corrected chi connectivity index (χ1v) is 8.02. The first kappa shape index (κ1) is 12.4. The van der Waals surface area contributed by atoms with Crippen molar-refractivity contribution in [2.75, 3.05) is 5.73 Å². The first-order valence-electron chi connectivity index (χ1n) is 8.02. The number of hydrogen-bond donors (Lipinski definition) is 1. The van der Waals surface area contributed by atoms with Crippen LogP contribution < -0.4 is 5.73 Å². The molecule has 106 valence electrons. The molecule has 4 fully saturated rings. The molecule has 1 aromatic carbocycles. The van der Waals surface area contributed by atoms with E-state index in [0.29, 0.717) is 23.3 Å². The molecule has 2 heteroatoms. The quantitative estimate of drug-likeness (QED) is 0.655. The SMILES string of the molecule is Cc1cccc(C(=O)C2C3CC4CC(C3)CC2C4)c1N. The van der Waals surface area contributed by atoms with Gasteiger partial charge in [-0.25, -0.2) is 0 Å². The van der Waals surface area contributed by atoms with Crippen LogP contribution in [0.15, 0.2) is 18.2 Å². The highest BCUT2D eigenvalue weighted by molar-refractivity contribution is 6.03. The molecule has 4 saturated carbocycles. The Kier molecular flexibility index (Phi) is 2.70. The van der Waals surface area contributed by atoms with E-state index in [1.54, 1.807) is 0 Å². The molecule has 0 spiro atoms. The zero-order chi connectivity index (χ0) is 13.9. The van der Waals surface area contributed by atoms with Gasteiger partial charge in [0, 0.05) is 17.2 Å². The van der Waals surface area contributed by atoms with E-state index >= 15 is 0 Å². The highest BCUT2D eigenvalue weighted by Crippen LogP contribution is 2.57. The van der Waals surface area contributed by atoms with Gasteiger partial charge in [-0.1, -0.05) is 12.1 Å². The van der Waals surface area contributed by atoms with Crippen LogP contribution in [0.3, 0.4) is 0 Å². The molecule has 0 atom stereocenters. The number of ketones is 1. The molecule has 0 radical (unpaired) electrons. The Labute approximate surface area is 120 Å². The number of carbonyl (C=O) groups is 1. The fourth-order valence-electron chi connectivity index (χ4n) is 5.43. The lowest BCUT2D eigenvalue weighted by Gasteiger charge is -2.53. The van der Waals surface area contributed by atoms with Gasteiger partial charge < -0.3 is 5.73 Å². The van der Waals surface area contributed by atoms with E-state index in [9.17, 15) is 4.79 Å². The average Bonchev–Trinajstić information content (AvgIpc) is 2.40. The van der Waals surface area contributed by atoms with Gasteiger partial charge in [0.2, 0.25) is 0 Å². The Morgan fingerprint density at radius 2 is 1.65 bits per heavy atom. The minimum Gasteiger partial charge on any atom is -0.398 e. The van der Waals surface area contributed by atoms with Crippen LogP contribution >= 0.6 is 0 Å². The third-order valence-electron chi connectivity index (χ3n) is 6.12. The molecule has 20 heavy (non-hydrogen) atoms. The van der Waals surface area contributed by atoms with E-state index in [-0.39, 0.29) is 5.92 Å². The lowest BCUT2D eigenvalue weighted by molar-refractivity contribution is -0.0250. The molecule has 5 rings (SSSR count). The molecule has 2 N–H and O–H groups in total. The summed E-state index contributed by atoms with van der Waals surface area (Å²) >= 11 is 0. The number of benzene rings is 1. The summed E-state index contributed by atoms with van der Waals surface area (Å²) < 4.78 is 0. The molecule has 0 amide bonds. The summed E-state index contributed by atoms with van der Waals surface area (Å²) in [7, 11) is 0. The number of anilines is 1. The molecular weight excluding hydrogens is 246 g/mol. The van der Waals surface area contributed by atoms with Gasteiger partial charge in [0.25, 0.3) is 0 Å². The van der Waals surface area contributed by atoms with Crippen LogP contribution in [0.2, 0.25) is 0 Å². The monoisotopic (exact) mass is 269 g/mol. The minimum atomic E-state index is 0.256. The van der Waals surface area contributed by atoms with Crippen molar-refractivity contribution in [1.82, 2.24) is 0 Å². The number of Topliss-reactive ketones (excluding diaryl/α,β-unsaturated/α-hetero) is 1. The van der Waals surface area contributed by atoms with Crippen molar-refractivity contribution < 1.29 is 4.79 Å². The fraction of sp³-hybridized carbons (Fsp3) is 0.611. The van der Waals surface area contributed by atoms with Crippen molar-refractivity contribution in [2.24, 2.45) is 29.6 Å². The number of nitrogens with two attached hydrogens (primary N) is 1. The summed E-state index contributed by atoms with van der Waals surface area (Å²) in [5.41, 5.74) is 8.66. The normalized spacial score (nSPS) is 38.1. The fourth-order valence-corrected chi connectivity index (χ4v) is 5.43. The van der Waals surface area contributed by atoms with Crippen LogP contribution in [0.4, 0.5) is 5.69 Å². The third-order valence-corrected chi connectivity index (χ3v) is 6.12. The van der Waals surface area contributed by atoms with Gasteiger partial charge in [0.1, 0.15) is 0 Å². The molecule has 0 heterocycles. The summed E-state index contributed by atoms with van der Waals surface area (Å²) in [5.74, 6) is 3.69. The van der Waals surface area contributed by atoms with Crippen LogP contribution in [0.25, 0.3) is 0 Å². The lowest BCUT2D eigenvalue weighted by Crippen LogP contribution is -2.48. The Morgan fingerprint density at radius 3 is 2.25 bits per heavy atom. The lowest BCUT2D eigenvalue weighted by atomic mass is 9.51. The Morgan fingerprint density at radius 1 is 1.05 bits per heavy atom. The molecule has 0 saturated heterocycles. The van der Waals surface area contributed by atoms with E-state index < -0.39 is 0 Å². The van der Waals surface area contributed by atoms with E-state index in [1.165, 1.54) is 32.1 Å². The number of carbonyl (C=O) groups excluding carboxylic acids is 1. The van der Waals surface area contributed by atoms with Crippen molar-refractivity contribution in [3.8, 4) is 0 Å². The maximum absolute atomic E-state index is 13.0. The predicted molar refractivity (Wildman–Crippen MR) is 80.5 cm³/mol. The van der Waals surface area contributed by atoms with Crippen molar-refractivity contribution >= 4 is 11.5 Å². The van der Waals surface area contributed by atoms with Gasteiger partial charge >= 0.3 is 0 Å². The van der Waals surface area contributed by atoms with Crippen molar-refractivity contribution in [3.05, 3.63) is 29.3 Å². The maximum atomic E-state index is 13.0. The molecule has 0 aliphatic heterocycles. The smallest absolute Gasteiger partial charge is 0.168 e. The second-order valence-electron chi connectivity index (χ2n) is 7.36. The molecule has 4 aliphatic rings. The van der Waals surface area contributed by atoms with Crippen molar-refractivity contribution in [3.63, 3.8) is 0 Å². The highest BCUT2D eigenvalue weighted by atomic mass is 16.1. The standard InChI is InChI=1S/C18H23NO/c1-10-3-2-4-15(17(10)19)18(20)16-13-6-11-5-12(8-13)9-14(16)7-11/h2-4,11-14,16H,5-9,19H2,1H3. The van der Waals surface area contributed by atoms with Gasteiger partial charge in [-0.15, -0.1) is 0 Å². The van der Waals surface area contributed by atoms with Gasteiger partial charge in [-0.2, -0.15) is 0 Å². The number of hydrogen-bond acceptors (Lipinski definition) is 2. The summed E-state index contributed by atoms with van der Waals surface area (Å²) in [6.07, 6.45) is 6.58. The molecule has 1 aromatic rings. The molecule has 4 aliphatic carbocycles. The molecule has 4 bridgehead atoms. The van der Waals surface area contributed by atoms with Crippen LogP contribution in [-0.4, -0.2) is 5.78 Å². The van der Waals surface area contributed by atoms with E-state index in [2.05, 4.69) is 0 Å². The summed E-state index contributed by atoms with van der Waals surface area (Å²) in [4.78, 5) is 13.0. The maximum Gasteiger partial charge on any atom is 0.168 e. The second kappa shape index (κ2) is 4.34. The molecule has 2 nitrogen and oxygen atoms in total. The Bertz CT molecular complexity index is 535. The molecule has 0 aromatic heterocycles. The number of aryl methyl sites for hydroxylation is 1. The third kappa shape index (κ3) is 1.73. The summed E-state index contributed by atoms with van der Waals surface area (Å²) in [6, 6.07) is 5.88. The van der Waals surface area contributed by atoms with Crippen LogP contribution in [0.5, 0.6) is 0 Å². The number of rotatable bonds is 2. The average molecular weight is 269 g/mol. The van der Waals surface area contributed by atoms with E-state index in [0.717, 1.165) is 23.0 Å². The highest BCUT2D eigenvalue weighted by Gasteiger charge is 2.50. The van der Waals surface area contributed by atoms with Gasteiger partial charge in [0.05, 0.1) is 0 Å². The first-order chi connectivity index (χ1) is 9.63. The molecular formula is C18H23NO. The number of nitrogen functional groups attached to an aromatic ring is 1. The van der Waals surface area contributed by atoms with Gasteiger partial charge in [0.15, 0.2) is 5.78 Å². The van der Waals surface area contributed by atoms with E-state index in [4.69, 9.17) is 5.73 Å². The van der Waals surface area contributed by atoms with Crippen LogP contribution in [0.1, 0.15) is 48.0 Å².